The largest absolute Gasteiger partial charge is 0.369 e. The summed E-state index contributed by atoms with van der Waals surface area (Å²) in [4.78, 5) is 8.42. The Balaban J connectivity index is 2.49. The minimum atomic E-state index is -0.112. The summed E-state index contributed by atoms with van der Waals surface area (Å²) >= 11 is 0. The molecule has 6 nitrogen and oxygen atoms in total. The molecule has 2 heterocycles. The van der Waals surface area contributed by atoms with E-state index in [9.17, 15) is 0 Å². The van der Waals surface area contributed by atoms with Crippen LogP contribution in [0.15, 0.2) is 59.0 Å². The van der Waals surface area contributed by atoms with E-state index in [1.54, 1.807) is 12.4 Å². The van der Waals surface area contributed by atoms with E-state index in [1.165, 1.54) is 0 Å². The van der Waals surface area contributed by atoms with E-state index < -0.39 is 0 Å². The van der Waals surface area contributed by atoms with Crippen molar-refractivity contribution in [3.8, 4) is 0 Å². The van der Waals surface area contributed by atoms with Crippen molar-refractivity contribution in [3.05, 3.63) is 60.2 Å². The fraction of sp³-hybridized carbons (Fsp3) is 0. The van der Waals surface area contributed by atoms with Crippen molar-refractivity contribution in [2.45, 2.75) is 0 Å². The standard InChI is InChI=1S/C12H12N6/c13-12(14)18-17-11(9-5-1-3-7-15-9)10-6-2-4-8-16-10/h1-8H,(H4,13,14,18). The molecule has 0 unspecified atom stereocenters. The lowest BCUT2D eigenvalue weighted by Gasteiger charge is -2.02. The fourth-order valence-corrected chi connectivity index (χ4v) is 1.35. The average molecular weight is 240 g/mol. The van der Waals surface area contributed by atoms with Gasteiger partial charge in [-0.15, -0.1) is 10.2 Å². The molecule has 0 radical (unpaired) electrons. The molecule has 0 aliphatic rings. The van der Waals surface area contributed by atoms with Crippen molar-refractivity contribution in [2.24, 2.45) is 21.7 Å². The second-order valence-corrected chi connectivity index (χ2v) is 3.40. The highest BCUT2D eigenvalue weighted by atomic mass is 15.3. The van der Waals surface area contributed by atoms with E-state index in [1.807, 2.05) is 36.4 Å². The third kappa shape index (κ3) is 2.88. The zero-order chi connectivity index (χ0) is 12.8. The molecule has 2 aromatic rings. The van der Waals surface area contributed by atoms with Gasteiger partial charge in [0.25, 0.3) is 0 Å². The van der Waals surface area contributed by atoms with E-state index in [4.69, 9.17) is 11.5 Å². The Bertz CT molecular complexity index is 516. The Hall–Kier alpha value is -2.76. The van der Waals surface area contributed by atoms with Gasteiger partial charge in [-0.25, -0.2) is 0 Å². The van der Waals surface area contributed by atoms with Crippen molar-refractivity contribution >= 4 is 11.7 Å². The molecule has 0 saturated heterocycles. The second kappa shape index (κ2) is 5.53. The van der Waals surface area contributed by atoms with Gasteiger partial charge < -0.3 is 11.5 Å². The van der Waals surface area contributed by atoms with Crippen molar-refractivity contribution in [3.63, 3.8) is 0 Å². The normalized spacial score (nSPS) is 9.56. The zero-order valence-corrected chi connectivity index (χ0v) is 9.56. The molecule has 0 saturated carbocycles. The first kappa shape index (κ1) is 11.7. The third-order valence-electron chi connectivity index (χ3n) is 2.08. The molecule has 18 heavy (non-hydrogen) atoms. The average Bonchev–Trinajstić information content (AvgIpc) is 2.41. The first-order valence-electron chi connectivity index (χ1n) is 5.27. The van der Waals surface area contributed by atoms with Crippen LogP contribution in [0.4, 0.5) is 0 Å². The first-order chi connectivity index (χ1) is 8.77. The Morgan fingerprint density at radius 1 is 0.833 bits per heavy atom. The highest BCUT2D eigenvalue weighted by Crippen LogP contribution is 2.06. The van der Waals surface area contributed by atoms with Crippen LogP contribution in [0.2, 0.25) is 0 Å². The minimum Gasteiger partial charge on any atom is -0.369 e. The topological polar surface area (TPSA) is 103 Å². The van der Waals surface area contributed by atoms with Gasteiger partial charge in [0.15, 0.2) is 0 Å². The molecule has 0 atom stereocenters. The van der Waals surface area contributed by atoms with Crippen LogP contribution in [0.3, 0.4) is 0 Å². The van der Waals surface area contributed by atoms with E-state index in [2.05, 4.69) is 20.2 Å². The SMILES string of the molecule is NC(N)=NN=C(c1ccccn1)c1ccccn1. The van der Waals surface area contributed by atoms with Gasteiger partial charge in [0.05, 0.1) is 11.4 Å². The molecule has 0 aliphatic carbocycles. The summed E-state index contributed by atoms with van der Waals surface area (Å²) in [6.45, 7) is 0. The number of nitrogens with zero attached hydrogens (tertiary/aromatic N) is 4. The monoisotopic (exact) mass is 240 g/mol. The van der Waals surface area contributed by atoms with Crippen LogP contribution in [-0.4, -0.2) is 21.6 Å². The summed E-state index contributed by atoms with van der Waals surface area (Å²) in [5.74, 6) is -0.112. The van der Waals surface area contributed by atoms with E-state index in [0.29, 0.717) is 17.1 Å². The molecule has 6 heteroatoms. The van der Waals surface area contributed by atoms with Gasteiger partial charge in [0.2, 0.25) is 5.96 Å². The van der Waals surface area contributed by atoms with Gasteiger partial charge in [-0.2, -0.15) is 0 Å². The van der Waals surface area contributed by atoms with E-state index >= 15 is 0 Å². The maximum atomic E-state index is 5.28. The van der Waals surface area contributed by atoms with Crippen LogP contribution in [0, 0.1) is 0 Å². The quantitative estimate of drug-likeness (QED) is 0.463. The number of hydrogen-bond acceptors (Lipinski definition) is 4. The molecule has 90 valence electrons. The summed E-state index contributed by atoms with van der Waals surface area (Å²) in [7, 11) is 0. The third-order valence-corrected chi connectivity index (χ3v) is 2.08. The van der Waals surface area contributed by atoms with Crippen molar-refractivity contribution in [2.75, 3.05) is 0 Å². The number of pyridine rings is 2. The number of guanidine groups is 1. The molecule has 0 spiro atoms. The zero-order valence-electron chi connectivity index (χ0n) is 9.56. The molecule has 4 N–H and O–H groups in total. The van der Waals surface area contributed by atoms with Crippen LogP contribution in [0.1, 0.15) is 11.4 Å². The fourth-order valence-electron chi connectivity index (χ4n) is 1.35. The molecule has 0 bridgehead atoms. The predicted octanol–water partition coefficient (Wildman–Crippen LogP) is 0.502. The highest BCUT2D eigenvalue weighted by molar-refractivity contribution is 6.10. The molecule has 0 aliphatic heterocycles. The van der Waals surface area contributed by atoms with Gasteiger partial charge >= 0.3 is 0 Å². The molecular formula is C12H12N6. The smallest absolute Gasteiger partial charge is 0.211 e. The van der Waals surface area contributed by atoms with Crippen LogP contribution >= 0.6 is 0 Å². The number of nitrogens with two attached hydrogens (primary N) is 2. The summed E-state index contributed by atoms with van der Waals surface area (Å²) < 4.78 is 0. The van der Waals surface area contributed by atoms with Crippen molar-refractivity contribution < 1.29 is 0 Å². The molecule has 2 rings (SSSR count). The molecular weight excluding hydrogens is 228 g/mol. The van der Waals surface area contributed by atoms with E-state index in [0.717, 1.165) is 0 Å². The van der Waals surface area contributed by atoms with Crippen molar-refractivity contribution in [1.29, 1.82) is 0 Å². The first-order valence-corrected chi connectivity index (χ1v) is 5.27. The Morgan fingerprint density at radius 3 is 1.78 bits per heavy atom. The van der Waals surface area contributed by atoms with E-state index in [-0.39, 0.29) is 5.96 Å². The lowest BCUT2D eigenvalue weighted by Crippen LogP contribution is -2.22. The lowest BCUT2D eigenvalue weighted by molar-refractivity contribution is 1.16. The maximum absolute atomic E-state index is 5.28. The Kier molecular flexibility index (Phi) is 3.60. The van der Waals surface area contributed by atoms with Crippen molar-refractivity contribution in [1.82, 2.24) is 9.97 Å². The van der Waals surface area contributed by atoms with Crippen LogP contribution in [0.5, 0.6) is 0 Å². The summed E-state index contributed by atoms with van der Waals surface area (Å²) in [6, 6.07) is 11.0. The Morgan fingerprint density at radius 2 is 1.39 bits per heavy atom. The molecule has 0 aromatic carbocycles. The van der Waals surface area contributed by atoms with Gasteiger partial charge in [-0.3, -0.25) is 9.97 Å². The summed E-state index contributed by atoms with van der Waals surface area (Å²) in [6.07, 6.45) is 3.34. The predicted molar refractivity (Wildman–Crippen MR) is 69.9 cm³/mol. The van der Waals surface area contributed by atoms with Gasteiger partial charge in [-0.05, 0) is 24.3 Å². The minimum absolute atomic E-state index is 0.112. The second-order valence-electron chi connectivity index (χ2n) is 3.40. The van der Waals surface area contributed by atoms with Crippen LogP contribution < -0.4 is 11.5 Å². The van der Waals surface area contributed by atoms with Gasteiger partial charge in [0, 0.05) is 12.4 Å². The molecule has 0 amide bonds. The summed E-state index contributed by atoms with van der Waals surface area (Å²) in [5, 5.41) is 7.65. The van der Waals surface area contributed by atoms with Crippen LogP contribution in [0.25, 0.3) is 0 Å². The molecule has 0 fully saturated rings. The highest BCUT2D eigenvalue weighted by Gasteiger charge is 2.08. The summed E-state index contributed by atoms with van der Waals surface area (Å²) in [5.41, 5.74) is 12.4. The number of rotatable bonds is 3. The number of aromatic nitrogens is 2. The Labute approximate surface area is 104 Å². The van der Waals surface area contributed by atoms with Gasteiger partial charge in [0.1, 0.15) is 5.71 Å². The lowest BCUT2D eigenvalue weighted by atomic mass is 10.1. The number of hydrogen-bond donors (Lipinski definition) is 2. The van der Waals surface area contributed by atoms with Crippen LogP contribution in [-0.2, 0) is 0 Å². The van der Waals surface area contributed by atoms with Gasteiger partial charge in [-0.1, -0.05) is 12.1 Å². The molecule has 2 aromatic heterocycles. The maximum Gasteiger partial charge on any atom is 0.211 e.